The van der Waals surface area contributed by atoms with Crippen molar-refractivity contribution in [2.24, 2.45) is 0 Å². The minimum Gasteiger partial charge on any atom is -0.378 e. The molecule has 22 heavy (non-hydrogen) atoms. The van der Waals surface area contributed by atoms with Gasteiger partial charge >= 0.3 is 0 Å². The maximum atomic E-state index is 11.8. The molecular weight excluding hydrogens is 286 g/mol. The fourth-order valence-corrected chi connectivity index (χ4v) is 2.31. The largest absolute Gasteiger partial charge is 0.378 e. The van der Waals surface area contributed by atoms with Crippen molar-refractivity contribution in [2.45, 2.75) is 25.3 Å². The monoisotopic (exact) mass is 307 g/mol. The van der Waals surface area contributed by atoms with Crippen molar-refractivity contribution in [3.8, 4) is 0 Å². The Morgan fingerprint density at radius 3 is 2.77 bits per heavy atom. The lowest BCUT2D eigenvalue weighted by molar-refractivity contribution is -0.384. The molecule has 1 aromatic carbocycles. The predicted octanol–water partition coefficient (Wildman–Crippen LogP) is 1.02. The van der Waals surface area contributed by atoms with Gasteiger partial charge in [0, 0.05) is 25.2 Å². The van der Waals surface area contributed by atoms with Crippen molar-refractivity contribution >= 4 is 11.6 Å². The molecular formula is C15H21N3O4. The summed E-state index contributed by atoms with van der Waals surface area (Å²) in [5.41, 5.74) is 1.18. The van der Waals surface area contributed by atoms with E-state index in [2.05, 4.69) is 10.6 Å². The quantitative estimate of drug-likeness (QED) is 0.446. The highest BCUT2D eigenvalue weighted by molar-refractivity contribution is 5.81. The van der Waals surface area contributed by atoms with E-state index in [9.17, 15) is 14.9 Å². The van der Waals surface area contributed by atoms with Crippen LogP contribution >= 0.6 is 0 Å². The molecule has 7 heteroatoms. The second kappa shape index (κ2) is 8.45. The van der Waals surface area contributed by atoms with Gasteiger partial charge < -0.3 is 15.4 Å². The van der Waals surface area contributed by atoms with Crippen LogP contribution in [0.5, 0.6) is 0 Å². The van der Waals surface area contributed by atoms with Crippen molar-refractivity contribution in [2.75, 3.05) is 26.3 Å². The zero-order valence-corrected chi connectivity index (χ0v) is 12.4. The lowest BCUT2D eigenvalue weighted by Gasteiger charge is -2.22. The molecule has 1 amide bonds. The van der Waals surface area contributed by atoms with Crippen molar-refractivity contribution in [1.82, 2.24) is 10.6 Å². The Kier molecular flexibility index (Phi) is 6.29. The summed E-state index contributed by atoms with van der Waals surface area (Å²) in [4.78, 5) is 22.0. The number of ether oxygens (including phenoxy) is 1. The third-order valence-electron chi connectivity index (χ3n) is 3.58. The first-order valence-electron chi connectivity index (χ1n) is 7.49. The van der Waals surface area contributed by atoms with Crippen LogP contribution in [-0.4, -0.2) is 43.2 Å². The van der Waals surface area contributed by atoms with Gasteiger partial charge in [0.1, 0.15) is 6.04 Å². The van der Waals surface area contributed by atoms with Gasteiger partial charge in [0.25, 0.3) is 5.69 Å². The highest BCUT2D eigenvalue weighted by Gasteiger charge is 2.20. The number of nitrogens with zero attached hydrogens (tertiary/aromatic N) is 1. The van der Waals surface area contributed by atoms with Crippen LogP contribution in [0.4, 0.5) is 5.69 Å². The Morgan fingerprint density at radius 2 is 2.14 bits per heavy atom. The molecule has 7 nitrogen and oxygen atoms in total. The average Bonchev–Trinajstić information content (AvgIpc) is 2.55. The third-order valence-corrected chi connectivity index (χ3v) is 3.58. The number of unbranched alkanes of at least 4 members (excludes halogenated alkanes) is 1. The molecule has 1 aromatic rings. The number of carbonyl (C=O) groups excluding carboxylic acids is 1. The van der Waals surface area contributed by atoms with E-state index in [1.54, 1.807) is 12.1 Å². The summed E-state index contributed by atoms with van der Waals surface area (Å²) >= 11 is 0. The lowest BCUT2D eigenvalue weighted by atomic mass is 10.1. The Labute approximate surface area is 129 Å². The Morgan fingerprint density at radius 1 is 1.36 bits per heavy atom. The van der Waals surface area contributed by atoms with Crippen LogP contribution in [0.15, 0.2) is 24.3 Å². The van der Waals surface area contributed by atoms with Crippen LogP contribution in [0.25, 0.3) is 0 Å². The molecule has 1 atom stereocenters. The van der Waals surface area contributed by atoms with Gasteiger partial charge in [-0.15, -0.1) is 0 Å². The van der Waals surface area contributed by atoms with Gasteiger partial charge in [0.2, 0.25) is 5.91 Å². The molecule has 0 radical (unpaired) electrons. The first-order valence-corrected chi connectivity index (χ1v) is 7.49. The van der Waals surface area contributed by atoms with Crippen molar-refractivity contribution in [1.29, 1.82) is 0 Å². The number of benzene rings is 1. The molecule has 1 aliphatic heterocycles. The van der Waals surface area contributed by atoms with Crippen molar-refractivity contribution in [3.63, 3.8) is 0 Å². The first-order chi connectivity index (χ1) is 10.7. The Balaban J connectivity index is 1.60. The Hall–Kier alpha value is -1.99. The van der Waals surface area contributed by atoms with Crippen LogP contribution in [0.3, 0.4) is 0 Å². The molecule has 1 unspecified atom stereocenters. The normalized spacial score (nSPS) is 17.9. The molecule has 1 saturated heterocycles. The maximum absolute atomic E-state index is 11.8. The molecule has 2 N–H and O–H groups in total. The number of nitro benzene ring substituents is 1. The van der Waals surface area contributed by atoms with Crippen molar-refractivity contribution < 1.29 is 14.5 Å². The first kappa shape index (κ1) is 16.4. The number of hydrogen-bond donors (Lipinski definition) is 2. The zero-order chi connectivity index (χ0) is 15.8. The highest BCUT2D eigenvalue weighted by atomic mass is 16.6. The maximum Gasteiger partial charge on any atom is 0.269 e. The molecule has 0 aliphatic carbocycles. The van der Waals surface area contributed by atoms with E-state index >= 15 is 0 Å². The predicted molar refractivity (Wildman–Crippen MR) is 81.7 cm³/mol. The molecule has 0 bridgehead atoms. The second-order valence-corrected chi connectivity index (χ2v) is 5.25. The zero-order valence-electron chi connectivity index (χ0n) is 12.4. The second-order valence-electron chi connectivity index (χ2n) is 5.25. The fourth-order valence-electron chi connectivity index (χ4n) is 2.31. The summed E-state index contributed by atoms with van der Waals surface area (Å²) in [5.74, 6) is -0.0185. The average molecular weight is 307 g/mol. The highest BCUT2D eigenvalue weighted by Crippen LogP contribution is 2.13. The molecule has 0 spiro atoms. The van der Waals surface area contributed by atoms with Gasteiger partial charge in [-0.2, -0.15) is 0 Å². The van der Waals surface area contributed by atoms with Gasteiger partial charge in [-0.25, -0.2) is 0 Å². The topological polar surface area (TPSA) is 93.5 Å². The minimum atomic E-state index is -0.400. The molecule has 1 aliphatic rings. The van der Waals surface area contributed by atoms with E-state index in [0.717, 1.165) is 24.8 Å². The molecule has 0 aromatic heterocycles. The van der Waals surface area contributed by atoms with Gasteiger partial charge in [0.15, 0.2) is 0 Å². The van der Waals surface area contributed by atoms with Crippen molar-refractivity contribution in [3.05, 3.63) is 39.9 Å². The van der Waals surface area contributed by atoms with Gasteiger partial charge in [-0.3, -0.25) is 14.9 Å². The molecule has 1 fully saturated rings. The van der Waals surface area contributed by atoms with E-state index in [4.69, 9.17) is 4.74 Å². The number of nitro groups is 1. The summed E-state index contributed by atoms with van der Waals surface area (Å²) in [7, 11) is 0. The van der Waals surface area contributed by atoms with Crippen LogP contribution in [0, 0.1) is 10.1 Å². The third kappa shape index (κ3) is 5.09. The van der Waals surface area contributed by atoms with Crippen LogP contribution < -0.4 is 10.6 Å². The molecule has 2 rings (SSSR count). The smallest absolute Gasteiger partial charge is 0.269 e. The lowest BCUT2D eigenvalue weighted by Crippen LogP contribution is -2.51. The van der Waals surface area contributed by atoms with Gasteiger partial charge in [-0.05, 0) is 24.8 Å². The summed E-state index contributed by atoms with van der Waals surface area (Å²) in [5, 5.41) is 16.6. The molecule has 1 heterocycles. The fraction of sp³-hybridized carbons (Fsp3) is 0.533. The van der Waals surface area contributed by atoms with E-state index in [-0.39, 0.29) is 17.6 Å². The van der Waals surface area contributed by atoms with Gasteiger partial charge in [-0.1, -0.05) is 12.1 Å². The van der Waals surface area contributed by atoms with E-state index in [0.29, 0.717) is 26.3 Å². The Bertz CT molecular complexity index is 498. The summed E-state index contributed by atoms with van der Waals surface area (Å²) in [6.07, 6.45) is 2.64. The number of nitrogens with one attached hydrogen (secondary N) is 2. The van der Waals surface area contributed by atoms with E-state index < -0.39 is 4.92 Å². The number of non-ortho nitro benzene ring substituents is 1. The molecule has 0 saturated carbocycles. The number of amides is 1. The number of aryl methyl sites for hydroxylation is 1. The van der Waals surface area contributed by atoms with Crippen LogP contribution in [0.2, 0.25) is 0 Å². The minimum absolute atomic E-state index is 0.0185. The van der Waals surface area contributed by atoms with Crippen LogP contribution in [-0.2, 0) is 16.0 Å². The standard InChI is InChI=1S/C15H21N3O4/c19-15(14-11-22-10-9-16-14)17-8-2-1-3-12-4-6-13(7-5-12)18(20)21/h4-7,14,16H,1-3,8-11H2,(H,17,19). The summed E-state index contributed by atoms with van der Waals surface area (Å²) < 4.78 is 5.24. The van der Waals surface area contributed by atoms with E-state index in [1.807, 2.05) is 0 Å². The van der Waals surface area contributed by atoms with Crippen LogP contribution in [0.1, 0.15) is 18.4 Å². The molecule has 120 valence electrons. The summed E-state index contributed by atoms with van der Waals surface area (Å²) in [6.45, 7) is 2.41. The number of morpholine rings is 1. The number of rotatable bonds is 7. The van der Waals surface area contributed by atoms with E-state index in [1.165, 1.54) is 12.1 Å². The van der Waals surface area contributed by atoms with Gasteiger partial charge in [0.05, 0.1) is 18.1 Å². The number of carbonyl (C=O) groups is 1. The summed E-state index contributed by atoms with van der Waals surface area (Å²) in [6, 6.07) is 6.35. The SMILES string of the molecule is O=C(NCCCCc1ccc([N+](=O)[O-])cc1)C1COCCN1. The number of hydrogen-bond acceptors (Lipinski definition) is 5.